The molecule has 7 N–H and O–H groups in total. The third-order valence-electron chi connectivity index (χ3n) is 1.52. The standard InChI is InChI=1S/C5H10N2O3S.C3H7NO2S/c6-1-4(8)7-3(2-11)5(9)10;4-2(1-7)3(5)6/h3,11H,1-2,6H2,(H,7,8)(H,9,10);2,7H,1,4H2,(H,5,6). The van der Waals surface area contributed by atoms with Crippen LogP contribution < -0.4 is 16.8 Å². The first-order valence-electron chi connectivity index (χ1n) is 4.72. The summed E-state index contributed by atoms with van der Waals surface area (Å²) in [7, 11) is 0. The number of aliphatic carboxylic acids is 2. The van der Waals surface area contributed by atoms with Gasteiger partial charge in [0.15, 0.2) is 0 Å². The lowest BCUT2D eigenvalue weighted by atomic mass is 10.3. The van der Waals surface area contributed by atoms with Crippen molar-refractivity contribution in [2.75, 3.05) is 18.1 Å². The molecule has 0 fully saturated rings. The Bertz CT molecular complexity index is 290. The van der Waals surface area contributed by atoms with Gasteiger partial charge >= 0.3 is 11.9 Å². The maximum Gasteiger partial charge on any atom is 0.327 e. The number of thiol groups is 2. The van der Waals surface area contributed by atoms with E-state index in [2.05, 4.69) is 30.6 Å². The van der Waals surface area contributed by atoms with E-state index in [0.29, 0.717) is 0 Å². The van der Waals surface area contributed by atoms with E-state index in [1.807, 2.05) is 0 Å². The topological polar surface area (TPSA) is 156 Å². The lowest BCUT2D eigenvalue weighted by Gasteiger charge is -2.09. The maximum absolute atomic E-state index is 10.6. The molecule has 0 aromatic rings. The van der Waals surface area contributed by atoms with E-state index in [1.54, 1.807) is 0 Å². The third kappa shape index (κ3) is 10.2. The Morgan fingerprint density at radius 2 is 1.61 bits per heavy atom. The molecule has 0 aromatic carbocycles. The van der Waals surface area contributed by atoms with Gasteiger partial charge in [-0.25, -0.2) is 4.79 Å². The quantitative estimate of drug-likeness (QED) is 0.274. The van der Waals surface area contributed by atoms with Crippen LogP contribution in [0.4, 0.5) is 0 Å². The number of carboxylic acid groups (broad SMARTS) is 2. The van der Waals surface area contributed by atoms with Crippen molar-refractivity contribution in [1.82, 2.24) is 5.32 Å². The van der Waals surface area contributed by atoms with Gasteiger partial charge in [-0.05, 0) is 0 Å². The Morgan fingerprint density at radius 1 is 1.11 bits per heavy atom. The van der Waals surface area contributed by atoms with Gasteiger partial charge in [0.05, 0.1) is 6.54 Å². The summed E-state index contributed by atoms with van der Waals surface area (Å²) >= 11 is 7.38. The summed E-state index contributed by atoms with van der Waals surface area (Å²) in [5.41, 5.74) is 9.89. The molecule has 8 nitrogen and oxygen atoms in total. The van der Waals surface area contributed by atoms with Gasteiger partial charge < -0.3 is 27.0 Å². The minimum Gasteiger partial charge on any atom is -0.480 e. The number of carboxylic acids is 2. The number of nitrogens with two attached hydrogens (primary N) is 2. The van der Waals surface area contributed by atoms with Crippen LogP contribution in [0.15, 0.2) is 0 Å². The molecular weight excluding hydrogens is 282 g/mol. The SMILES string of the molecule is NC(CS)C(=O)O.NCC(=O)NC(CS)C(=O)O. The van der Waals surface area contributed by atoms with Crippen LogP contribution in [0.25, 0.3) is 0 Å². The molecular formula is C8H17N3O5S2. The number of hydrogen-bond acceptors (Lipinski definition) is 7. The highest BCUT2D eigenvalue weighted by atomic mass is 32.1. The van der Waals surface area contributed by atoms with Crippen molar-refractivity contribution in [3.8, 4) is 0 Å². The number of carbonyl (C=O) groups is 3. The van der Waals surface area contributed by atoms with Crippen LogP contribution in [0, 0.1) is 0 Å². The number of nitrogens with one attached hydrogen (secondary N) is 1. The summed E-state index contributed by atoms with van der Waals surface area (Å²) < 4.78 is 0. The first-order chi connectivity index (χ1) is 8.29. The Morgan fingerprint density at radius 3 is 1.78 bits per heavy atom. The molecule has 0 aliphatic rings. The highest BCUT2D eigenvalue weighted by molar-refractivity contribution is 7.80. The van der Waals surface area contributed by atoms with Crippen molar-refractivity contribution in [3.63, 3.8) is 0 Å². The normalized spacial score (nSPS) is 12.7. The minimum atomic E-state index is -1.11. The zero-order valence-corrected chi connectivity index (χ0v) is 11.2. The first-order valence-corrected chi connectivity index (χ1v) is 5.98. The van der Waals surface area contributed by atoms with Gasteiger partial charge in [-0.2, -0.15) is 25.3 Å². The van der Waals surface area contributed by atoms with Crippen LogP contribution in [-0.4, -0.2) is 58.2 Å². The largest absolute Gasteiger partial charge is 0.480 e. The molecule has 0 aliphatic heterocycles. The lowest BCUT2D eigenvalue weighted by Crippen LogP contribution is -2.44. The van der Waals surface area contributed by atoms with Crippen molar-refractivity contribution in [2.45, 2.75) is 12.1 Å². The Balaban J connectivity index is 0. The number of rotatable bonds is 6. The second-order valence-corrected chi connectivity index (χ2v) is 3.70. The number of hydrogen-bond donors (Lipinski definition) is 7. The molecule has 0 saturated carbocycles. The van der Waals surface area contributed by atoms with Gasteiger partial charge in [0, 0.05) is 11.5 Å². The molecule has 0 bridgehead atoms. The molecule has 18 heavy (non-hydrogen) atoms. The Hall–Kier alpha value is -0.970. The molecule has 0 heterocycles. The van der Waals surface area contributed by atoms with Crippen LogP contribution in [0.2, 0.25) is 0 Å². The highest BCUT2D eigenvalue weighted by Crippen LogP contribution is 1.87. The first kappa shape index (κ1) is 19.4. The van der Waals surface area contributed by atoms with E-state index < -0.39 is 29.9 Å². The molecule has 1 amide bonds. The van der Waals surface area contributed by atoms with Crippen LogP contribution in [0.5, 0.6) is 0 Å². The fourth-order valence-corrected chi connectivity index (χ4v) is 0.920. The second kappa shape index (κ2) is 11.1. The Kier molecular flexibility index (Phi) is 12.0. The molecule has 0 saturated heterocycles. The number of amides is 1. The molecule has 0 aromatic heterocycles. The molecule has 10 heteroatoms. The zero-order valence-electron chi connectivity index (χ0n) is 9.44. The average Bonchev–Trinajstić information content (AvgIpc) is 2.34. The highest BCUT2D eigenvalue weighted by Gasteiger charge is 2.16. The molecule has 2 atom stereocenters. The van der Waals surface area contributed by atoms with Gasteiger partial charge in [-0.1, -0.05) is 0 Å². The van der Waals surface area contributed by atoms with E-state index in [4.69, 9.17) is 21.7 Å². The van der Waals surface area contributed by atoms with E-state index in [0.717, 1.165) is 0 Å². The molecule has 0 spiro atoms. The van der Waals surface area contributed by atoms with E-state index in [9.17, 15) is 14.4 Å². The number of carbonyl (C=O) groups excluding carboxylic acids is 1. The third-order valence-corrected chi connectivity index (χ3v) is 2.27. The fraction of sp³-hybridized carbons (Fsp3) is 0.625. The van der Waals surface area contributed by atoms with Crippen molar-refractivity contribution in [1.29, 1.82) is 0 Å². The second-order valence-electron chi connectivity index (χ2n) is 2.97. The monoisotopic (exact) mass is 299 g/mol. The summed E-state index contributed by atoms with van der Waals surface area (Å²) in [4.78, 5) is 30.6. The molecule has 2 unspecified atom stereocenters. The minimum absolute atomic E-state index is 0.0566. The fourth-order valence-electron chi connectivity index (χ4n) is 0.517. The molecule has 0 aliphatic carbocycles. The summed E-state index contributed by atoms with van der Waals surface area (Å²) in [5.74, 6) is -2.36. The predicted octanol–water partition coefficient (Wildman–Crippen LogP) is -2.23. The van der Waals surface area contributed by atoms with Crippen molar-refractivity contribution < 1.29 is 24.6 Å². The van der Waals surface area contributed by atoms with E-state index in [-0.39, 0.29) is 18.1 Å². The van der Waals surface area contributed by atoms with Crippen molar-refractivity contribution in [3.05, 3.63) is 0 Å². The smallest absolute Gasteiger partial charge is 0.327 e. The van der Waals surface area contributed by atoms with Gasteiger partial charge in [-0.15, -0.1) is 0 Å². The van der Waals surface area contributed by atoms with Gasteiger partial charge in [-0.3, -0.25) is 9.59 Å². The average molecular weight is 299 g/mol. The van der Waals surface area contributed by atoms with Crippen molar-refractivity contribution in [2.24, 2.45) is 11.5 Å². The van der Waals surface area contributed by atoms with Crippen LogP contribution in [-0.2, 0) is 14.4 Å². The Labute approximate surface area is 115 Å². The molecule has 0 rings (SSSR count). The van der Waals surface area contributed by atoms with Crippen LogP contribution >= 0.6 is 25.3 Å². The molecule has 0 radical (unpaired) electrons. The zero-order chi connectivity index (χ0) is 14.7. The van der Waals surface area contributed by atoms with Crippen LogP contribution in [0.3, 0.4) is 0 Å². The van der Waals surface area contributed by atoms with Crippen molar-refractivity contribution >= 4 is 43.1 Å². The predicted molar refractivity (Wildman–Crippen MR) is 71.9 cm³/mol. The molecule has 106 valence electrons. The summed E-state index contributed by atoms with van der Waals surface area (Å²) in [5, 5.41) is 18.6. The van der Waals surface area contributed by atoms with Crippen LogP contribution in [0.1, 0.15) is 0 Å². The van der Waals surface area contributed by atoms with Gasteiger partial charge in [0.1, 0.15) is 12.1 Å². The summed E-state index contributed by atoms with van der Waals surface area (Å²) in [6.07, 6.45) is 0. The van der Waals surface area contributed by atoms with E-state index >= 15 is 0 Å². The summed E-state index contributed by atoms with van der Waals surface area (Å²) in [6.45, 7) is -0.211. The van der Waals surface area contributed by atoms with Gasteiger partial charge in [0.2, 0.25) is 5.91 Å². The lowest BCUT2D eigenvalue weighted by molar-refractivity contribution is -0.141. The van der Waals surface area contributed by atoms with Gasteiger partial charge in [0.25, 0.3) is 0 Å². The maximum atomic E-state index is 10.6. The summed E-state index contributed by atoms with van der Waals surface area (Å²) in [6, 6.07) is -1.77. The van der Waals surface area contributed by atoms with E-state index in [1.165, 1.54) is 0 Å².